The summed E-state index contributed by atoms with van der Waals surface area (Å²) in [6.45, 7) is 3.12. The monoisotopic (exact) mass is 346 g/mol. The highest BCUT2D eigenvalue weighted by atomic mass is 35.5. The number of nitrogens with zero attached hydrogens (tertiary/aromatic N) is 3. The maximum Gasteiger partial charge on any atom is 0.287 e. The van der Waals surface area contributed by atoms with Gasteiger partial charge in [-0.2, -0.15) is 5.10 Å². The molecule has 1 aliphatic heterocycles. The highest BCUT2D eigenvalue weighted by Gasteiger charge is 2.21. The molecule has 1 saturated heterocycles. The van der Waals surface area contributed by atoms with Gasteiger partial charge in [-0.1, -0.05) is 41.9 Å². The van der Waals surface area contributed by atoms with Crippen LogP contribution in [0.2, 0.25) is 5.02 Å². The van der Waals surface area contributed by atoms with E-state index < -0.39 is 0 Å². The van der Waals surface area contributed by atoms with Crippen molar-refractivity contribution in [2.75, 3.05) is 25.0 Å². The fourth-order valence-electron chi connectivity index (χ4n) is 3.14. The van der Waals surface area contributed by atoms with Gasteiger partial charge in [-0.25, -0.2) is 4.68 Å². The first-order valence-corrected chi connectivity index (χ1v) is 8.76. The van der Waals surface area contributed by atoms with Crippen LogP contribution in [0.4, 0.5) is 5.69 Å². The molecule has 0 radical (unpaired) electrons. The molecular formula is C18H23ClN4O. The van der Waals surface area contributed by atoms with E-state index in [4.69, 9.17) is 11.6 Å². The summed E-state index contributed by atoms with van der Waals surface area (Å²) in [6.07, 6.45) is 4.91. The maximum absolute atomic E-state index is 11.9. The molecular weight excluding hydrogens is 324 g/mol. The molecule has 1 atom stereocenters. The average molecular weight is 347 g/mol. The number of piperidine rings is 1. The van der Waals surface area contributed by atoms with E-state index in [1.54, 1.807) is 13.2 Å². The second-order valence-corrected chi connectivity index (χ2v) is 6.70. The molecule has 1 fully saturated rings. The van der Waals surface area contributed by atoms with Crippen LogP contribution >= 0.6 is 11.6 Å². The van der Waals surface area contributed by atoms with E-state index in [0.717, 1.165) is 38.9 Å². The van der Waals surface area contributed by atoms with Crippen molar-refractivity contribution in [1.29, 1.82) is 0 Å². The summed E-state index contributed by atoms with van der Waals surface area (Å²) in [5.41, 5.74) is 1.74. The fraction of sp³-hybridized carbons (Fsp3) is 0.444. The zero-order chi connectivity index (χ0) is 16.9. The second-order valence-electron chi connectivity index (χ2n) is 6.32. The number of halogens is 1. The largest absolute Gasteiger partial charge is 0.378 e. The molecule has 0 spiro atoms. The van der Waals surface area contributed by atoms with Gasteiger partial charge in [0.1, 0.15) is 5.02 Å². The van der Waals surface area contributed by atoms with Crippen molar-refractivity contribution in [2.45, 2.75) is 25.3 Å². The van der Waals surface area contributed by atoms with E-state index in [0.29, 0.717) is 11.7 Å². The van der Waals surface area contributed by atoms with Crippen LogP contribution in [0.1, 0.15) is 18.4 Å². The molecule has 0 bridgehead atoms. The van der Waals surface area contributed by atoms with Gasteiger partial charge in [0.2, 0.25) is 0 Å². The van der Waals surface area contributed by atoms with Crippen LogP contribution in [0.25, 0.3) is 0 Å². The molecule has 0 aliphatic carbocycles. The van der Waals surface area contributed by atoms with Gasteiger partial charge in [-0.15, -0.1) is 0 Å². The summed E-state index contributed by atoms with van der Waals surface area (Å²) in [4.78, 5) is 14.3. The van der Waals surface area contributed by atoms with Crippen molar-refractivity contribution in [1.82, 2.24) is 14.7 Å². The lowest BCUT2D eigenvalue weighted by Gasteiger charge is -2.33. The average Bonchev–Trinajstić information content (AvgIpc) is 2.62. The Morgan fingerprint density at radius 2 is 2.12 bits per heavy atom. The summed E-state index contributed by atoms with van der Waals surface area (Å²) in [7, 11) is 1.60. The van der Waals surface area contributed by atoms with E-state index >= 15 is 0 Å². The number of aryl methyl sites for hydroxylation is 1. The number of hydrogen-bond acceptors (Lipinski definition) is 4. The van der Waals surface area contributed by atoms with Crippen LogP contribution < -0.4 is 10.9 Å². The van der Waals surface area contributed by atoms with E-state index in [2.05, 4.69) is 39.6 Å². The number of rotatable bonds is 5. The van der Waals surface area contributed by atoms with Crippen molar-refractivity contribution >= 4 is 17.3 Å². The van der Waals surface area contributed by atoms with Crippen molar-refractivity contribution < 1.29 is 0 Å². The first kappa shape index (κ1) is 17.0. The standard InChI is InChI=1S/C18H23ClN4O/c1-22-18(24)17(19)16(12-20-22)21-15-8-5-10-23(13-15)11-9-14-6-3-2-4-7-14/h2-4,6-7,12,15,21H,5,8-11,13H2,1H3/t15-/m1/s1. The van der Waals surface area contributed by atoms with Gasteiger partial charge in [0.25, 0.3) is 5.56 Å². The van der Waals surface area contributed by atoms with Gasteiger partial charge < -0.3 is 10.2 Å². The molecule has 0 unspecified atom stereocenters. The lowest BCUT2D eigenvalue weighted by Crippen LogP contribution is -2.43. The first-order valence-electron chi connectivity index (χ1n) is 8.38. The second kappa shape index (κ2) is 7.81. The first-order chi connectivity index (χ1) is 11.6. The minimum Gasteiger partial charge on any atom is -0.378 e. The van der Waals surface area contributed by atoms with Crippen LogP contribution in [0, 0.1) is 0 Å². The van der Waals surface area contributed by atoms with Gasteiger partial charge >= 0.3 is 0 Å². The van der Waals surface area contributed by atoms with Gasteiger partial charge in [-0.3, -0.25) is 4.79 Å². The number of nitrogens with one attached hydrogen (secondary N) is 1. The molecule has 1 aromatic heterocycles. The summed E-state index contributed by atoms with van der Waals surface area (Å²) in [5, 5.41) is 7.66. The van der Waals surface area contributed by atoms with Gasteiger partial charge in [-0.05, 0) is 31.4 Å². The molecule has 1 aliphatic rings. The Labute approximate surface area is 147 Å². The van der Waals surface area contributed by atoms with Gasteiger partial charge in [0.05, 0.1) is 11.9 Å². The molecule has 6 heteroatoms. The molecule has 0 amide bonds. The minimum atomic E-state index is -0.265. The normalized spacial score (nSPS) is 18.5. The van der Waals surface area contributed by atoms with Gasteiger partial charge in [0.15, 0.2) is 0 Å². The number of benzene rings is 1. The van der Waals surface area contributed by atoms with Crippen LogP contribution in [0.5, 0.6) is 0 Å². The van der Waals surface area contributed by atoms with Crippen LogP contribution in [0.15, 0.2) is 41.3 Å². The SMILES string of the molecule is Cn1ncc(N[C@@H]2CCCN(CCc3ccccc3)C2)c(Cl)c1=O. The van der Waals surface area contributed by atoms with E-state index in [-0.39, 0.29) is 10.6 Å². The molecule has 5 nitrogen and oxygen atoms in total. The minimum absolute atomic E-state index is 0.217. The van der Waals surface area contributed by atoms with Gasteiger partial charge in [0, 0.05) is 26.2 Å². The highest BCUT2D eigenvalue weighted by molar-refractivity contribution is 6.32. The van der Waals surface area contributed by atoms with E-state index in [1.807, 2.05) is 6.07 Å². The van der Waals surface area contributed by atoms with Crippen molar-refractivity contribution in [3.8, 4) is 0 Å². The molecule has 2 aromatic rings. The van der Waals surface area contributed by atoms with E-state index in [1.165, 1.54) is 10.2 Å². The smallest absolute Gasteiger partial charge is 0.287 e. The topological polar surface area (TPSA) is 50.2 Å². The summed E-state index contributed by atoms with van der Waals surface area (Å²) >= 11 is 6.15. The molecule has 1 aromatic carbocycles. The maximum atomic E-state index is 11.9. The number of hydrogen-bond donors (Lipinski definition) is 1. The third-order valence-corrected chi connectivity index (χ3v) is 4.87. The summed E-state index contributed by atoms with van der Waals surface area (Å²) < 4.78 is 1.25. The molecule has 0 saturated carbocycles. The molecule has 1 N–H and O–H groups in total. The summed E-state index contributed by atoms with van der Waals surface area (Å²) in [6, 6.07) is 10.9. The Morgan fingerprint density at radius 3 is 2.92 bits per heavy atom. The lowest BCUT2D eigenvalue weighted by molar-refractivity contribution is 0.218. The molecule has 3 rings (SSSR count). The Bertz CT molecular complexity index is 732. The third kappa shape index (κ3) is 4.16. The molecule has 24 heavy (non-hydrogen) atoms. The number of aromatic nitrogens is 2. The van der Waals surface area contributed by atoms with Crippen molar-refractivity contribution in [2.24, 2.45) is 7.05 Å². The predicted molar refractivity (Wildman–Crippen MR) is 97.7 cm³/mol. The van der Waals surface area contributed by atoms with E-state index in [9.17, 15) is 4.79 Å². The Kier molecular flexibility index (Phi) is 5.53. The predicted octanol–water partition coefficient (Wildman–Crippen LogP) is 2.55. The lowest BCUT2D eigenvalue weighted by atomic mass is 10.0. The van der Waals surface area contributed by atoms with Crippen LogP contribution in [-0.2, 0) is 13.5 Å². The molecule has 2 heterocycles. The number of likely N-dealkylation sites (tertiary alicyclic amines) is 1. The van der Waals surface area contributed by atoms with Crippen molar-refractivity contribution in [3.63, 3.8) is 0 Å². The Hall–Kier alpha value is -1.85. The van der Waals surface area contributed by atoms with Crippen molar-refractivity contribution in [3.05, 3.63) is 57.5 Å². The molecule has 128 valence electrons. The Morgan fingerprint density at radius 1 is 1.33 bits per heavy atom. The third-order valence-electron chi connectivity index (χ3n) is 4.50. The fourth-order valence-corrected chi connectivity index (χ4v) is 3.37. The highest BCUT2D eigenvalue weighted by Crippen LogP contribution is 2.20. The van der Waals surface area contributed by atoms with Crippen LogP contribution in [0.3, 0.4) is 0 Å². The summed E-state index contributed by atoms with van der Waals surface area (Å²) in [5.74, 6) is 0. The zero-order valence-electron chi connectivity index (χ0n) is 13.9. The number of anilines is 1. The Balaban J connectivity index is 1.58. The van der Waals surface area contributed by atoms with Crippen LogP contribution in [-0.4, -0.2) is 40.4 Å². The zero-order valence-corrected chi connectivity index (χ0v) is 14.7. The quantitative estimate of drug-likeness (QED) is 0.904.